The maximum absolute atomic E-state index is 12.6. The first-order valence-electron chi connectivity index (χ1n) is 7.28. The Morgan fingerprint density at radius 2 is 2.04 bits per heavy atom. The molecule has 8 heteroatoms. The summed E-state index contributed by atoms with van der Waals surface area (Å²) in [5.41, 5.74) is 1.54. The molecule has 2 heterocycles. The molecule has 1 aromatic carbocycles. The van der Waals surface area contributed by atoms with Crippen LogP contribution in [0.5, 0.6) is 0 Å². The average Bonchev–Trinajstić information content (AvgIpc) is 2.98. The first kappa shape index (κ1) is 17.1. The third-order valence-electron chi connectivity index (χ3n) is 3.89. The topological polar surface area (TPSA) is 59.1 Å². The van der Waals surface area contributed by atoms with E-state index in [1.54, 1.807) is 25.1 Å². The van der Waals surface area contributed by atoms with Gasteiger partial charge in [-0.05, 0) is 49.0 Å². The summed E-state index contributed by atoms with van der Waals surface area (Å²) in [5.74, 6) is 2.73. The van der Waals surface area contributed by atoms with E-state index in [-0.39, 0.29) is 4.90 Å². The number of thiazole rings is 1. The molecule has 23 heavy (non-hydrogen) atoms. The van der Waals surface area contributed by atoms with Crippen LogP contribution in [0.2, 0.25) is 5.02 Å². The average molecular weight is 389 g/mol. The molecule has 1 aliphatic rings. The van der Waals surface area contributed by atoms with E-state index in [0.29, 0.717) is 21.6 Å². The number of sulfonamides is 1. The van der Waals surface area contributed by atoms with Crippen molar-refractivity contribution in [3.05, 3.63) is 39.9 Å². The number of aromatic nitrogens is 1. The van der Waals surface area contributed by atoms with Crippen molar-refractivity contribution in [2.75, 3.05) is 16.2 Å². The minimum absolute atomic E-state index is 0.191. The van der Waals surface area contributed by atoms with E-state index in [2.05, 4.69) is 9.71 Å². The summed E-state index contributed by atoms with van der Waals surface area (Å²) >= 11 is 9.32. The second-order valence-electron chi connectivity index (χ2n) is 5.43. The van der Waals surface area contributed by atoms with Crippen LogP contribution in [0.15, 0.2) is 28.5 Å². The van der Waals surface area contributed by atoms with E-state index in [9.17, 15) is 8.42 Å². The molecule has 0 bridgehead atoms. The predicted octanol–water partition coefficient (Wildman–Crippen LogP) is 4.52. The first-order chi connectivity index (χ1) is 11.0. The Morgan fingerprint density at radius 1 is 1.30 bits per heavy atom. The molecular weight excluding hydrogens is 372 g/mol. The summed E-state index contributed by atoms with van der Waals surface area (Å²) < 4.78 is 27.7. The molecule has 1 aromatic heterocycles. The molecule has 124 valence electrons. The third kappa shape index (κ3) is 3.84. The zero-order valence-corrected chi connectivity index (χ0v) is 15.8. The molecule has 4 nitrogen and oxygen atoms in total. The molecule has 0 amide bonds. The van der Waals surface area contributed by atoms with Gasteiger partial charge in [-0.1, -0.05) is 17.7 Å². The van der Waals surface area contributed by atoms with Crippen molar-refractivity contribution in [1.82, 2.24) is 4.98 Å². The van der Waals surface area contributed by atoms with Gasteiger partial charge in [0, 0.05) is 16.3 Å². The molecule has 0 saturated carbocycles. The highest BCUT2D eigenvalue weighted by Crippen LogP contribution is 2.34. The number of hydrogen-bond donors (Lipinski definition) is 1. The van der Waals surface area contributed by atoms with E-state index in [1.807, 2.05) is 17.1 Å². The third-order valence-corrected chi connectivity index (χ3v) is 7.74. The highest BCUT2D eigenvalue weighted by molar-refractivity contribution is 7.99. The summed E-state index contributed by atoms with van der Waals surface area (Å²) in [6.07, 6.45) is 2.21. The van der Waals surface area contributed by atoms with Gasteiger partial charge in [0.15, 0.2) is 5.13 Å². The first-order valence-corrected chi connectivity index (χ1v) is 11.2. The summed E-state index contributed by atoms with van der Waals surface area (Å²) in [7, 11) is -3.67. The Hall–Kier alpha value is -0.760. The van der Waals surface area contributed by atoms with Crippen molar-refractivity contribution in [1.29, 1.82) is 0 Å². The lowest BCUT2D eigenvalue weighted by atomic mass is 10.0. The molecule has 0 atom stereocenters. The number of rotatable bonds is 4. The number of anilines is 1. The van der Waals surface area contributed by atoms with Gasteiger partial charge in [0.2, 0.25) is 0 Å². The van der Waals surface area contributed by atoms with E-state index < -0.39 is 10.0 Å². The Kier molecular flexibility index (Phi) is 5.20. The van der Waals surface area contributed by atoms with Crippen LogP contribution in [0, 0.1) is 6.92 Å². The minimum atomic E-state index is -3.67. The quantitative estimate of drug-likeness (QED) is 0.836. The molecule has 1 aliphatic heterocycles. The molecule has 0 aliphatic carbocycles. The van der Waals surface area contributed by atoms with Gasteiger partial charge < -0.3 is 0 Å². The van der Waals surface area contributed by atoms with Crippen LogP contribution in [0.25, 0.3) is 0 Å². The van der Waals surface area contributed by atoms with Crippen molar-refractivity contribution in [2.45, 2.75) is 30.6 Å². The number of thioether (sulfide) groups is 1. The standard InChI is InChI=1S/C15H17ClN2O2S3/c1-10-12(16)3-2-4-14(10)23(19,20)18-15-17-13(9-22-15)11-5-7-21-8-6-11/h2-4,9,11H,5-8H2,1H3,(H,17,18). The summed E-state index contributed by atoms with van der Waals surface area (Å²) in [6.45, 7) is 1.70. The maximum atomic E-state index is 12.6. The van der Waals surface area contributed by atoms with Crippen molar-refractivity contribution < 1.29 is 8.42 Å². The van der Waals surface area contributed by atoms with Crippen molar-refractivity contribution in [3.8, 4) is 0 Å². The minimum Gasteiger partial charge on any atom is -0.255 e. The Labute approximate surface area is 149 Å². The van der Waals surface area contributed by atoms with Crippen LogP contribution in [0.4, 0.5) is 5.13 Å². The fourth-order valence-corrected chi connectivity index (χ4v) is 6.21. The van der Waals surface area contributed by atoms with Crippen molar-refractivity contribution in [3.63, 3.8) is 0 Å². The lowest BCUT2D eigenvalue weighted by molar-refractivity contribution is 0.600. The number of hydrogen-bond acceptors (Lipinski definition) is 5. The van der Waals surface area contributed by atoms with Crippen LogP contribution in [-0.2, 0) is 10.0 Å². The van der Waals surface area contributed by atoms with Crippen LogP contribution in [-0.4, -0.2) is 24.9 Å². The smallest absolute Gasteiger partial charge is 0.255 e. The highest BCUT2D eigenvalue weighted by atomic mass is 35.5. The summed E-state index contributed by atoms with van der Waals surface area (Å²) in [6, 6.07) is 4.87. The van der Waals surface area contributed by atoms with Crippen LogP contribution in [0.3, 0.4) is 0 Å². The van der Waals surface area contributed by atoms with Gasteiger partial charge in [-0.2, -0.15) is 11.8 Å². The molecule has 3 rings (SSSR count). The van der Waals surface area contributed by atoms with Crippen molar-refractivity contribution >= 4 is 49.9 Å². The zero-order valence-electron chi connectivity index (χ0n) is 12.6. The fourth-order valence-electron chi connectivity index (χ4n) is 2.56. The maximum Gasteiger partial charge on any atom is 0.263 e. The Bertz CT molecular complexity index is 799. The van der Waals surface area contributed by atoms with Gasteiger partial charge in [0.1, 0.15) is 0 Å². The van der Waals surface area contributed by atoms with Gasteiger partial charge >= 0.3 is 0 Å². The molecule has 0 radical (unpaired) electrons. The highest BCUT2D eigenvalue weighted by Gasteiger charge is 2.22. The SMILES string of the molecule is Cc1c(Cl)cccc1S(=O)(=O)Nc1nc(C2CCSCC2)cs1. The number of nitrogens with zero attached hydrogens (tertiary/aromatic N) is 1. The Balaban J connectivity index is 1.81. The second-order valence-corrected chi connectivity index (χ2v) is 9.57. The van der Waals surface area contributed by atoms with Gasteiger partial charge in [0.25, 0.3) is 10.0 Å². The largest absolute Gasteiger partial charge is 0.263 e. The number of benzene rings is 1. The van der Waals surface area contributed by atoms with Gasteiger partial charge in [-0.25, -0.2) is 13.4 Å². The predicted molar refractivity (Wildman–Crippen MR) is 98.4 cm³/mol. The molecular formula is C15H17ClN2O2S3. The molecule has 0 unspecified atom stereocenters. The zero-order chi connectivity index (χ0) is 16.4. The fraction of sp³-hybridized carbons (Fsp3) is 0.400. The lowest BCUT2D eigenvalue weighted by Crippen LogP contribution is -2.14. The number of halogens is 1. The van der Waals surface area contributed by atoms with Crippen molar-refractivity contribution in [2.24, 2.45) is 0 Å². The van der Waals surface area contributed by atoms with Crippen LogP contribution < -0.4 is 4.72 Å². The lowest BCUT2D eigenvalue weighted by Gasteiger charge is -2.19. The molecule has 1 saturated heterocycles. The monoisotopic (exact) mass is 388 g/mol. The molecule has 2 aromatic rings. The van der Waals surface area contributed by atoms with Gasteiger partial charge in [0.05, 0.1) is 10.6 Å². The molecule has 0 spiro atoms. The molecule has 1 fully saturated rings. The normalized spacial score (nSPS) is 16.4. The number of nitrogens with one attached hydrogen (secondary N) is 1. The summed E-state index contributed by atoms with van der Waals surface area (Å²) in [4.78, 5) is 4.67. The van der Waals surface area contributed by atoms with Gasteiger partial charge in [-0.3, -0.25) is 4.72 Å². The van der Waals surface area contributed by atoms with Crippen LogP contribution in [0.1, 0.15) is 30.0 Å². The van der Waals surface area contributed by atoms with Crippen LogP contribution >= 0.6 is 34.7 Å². The van der Waals surface area contributed by atoms with E-state index in [0.717, 1.165) is 30.0 Å². The van der Waals surface area contributed by atoms with Gasteiger partial charge in [-0.15, -0.1) is 11.3 Å². The second kappa shape index (κ2) is 7.01. The van der Waals surface area contributed by atoms with E-state index >= 15 is 0 Å². The molecule has 1 N–H and O–H groups in total. The Morgan fingerprint density at radius 3 is 2.78 bits per heavy atom. The summed E-state index contributed by atoms with van der Waals surface area (Å²) in [5, 5.41) is 2.81. The van der Waals surface area contributed by atoms with E-state index in [4.69, 9.17) is 11.6 Å². The van der Waals surface area contributed by atoms with E-state index in [1.165, 1.54) is 11.3 Å².